The van der Waals surface area contributed by atoms with Crippen LogP contribution in [0.15, 0.2) is 36.4 Å². The third-order valence-corrected chi connectivity index (χ3v) is 1.80. The fraction of sp³-hybridized carbons (Fsp3) is 0.250. The lowest BCUT2D eigenvalue weighted by atomic mass is 10.2. The molecule has 0 N–H and O–H groups in total. The van der Waals surface area contributed by atoms with Gasteiger partial charge in [-0.15, -0.1) is 0 Å². The van der Waals surface area contributed by atoms with Crippen LogP contribution in [0.25, 0.3) is 5.76 Å². The fourth-order valence-electron chi connectivity index (χ4n) is 1.16. The van der Waals surface area contributed by atoms with E-state index in [1.165, 1.54) is 0 Å². The summed E-state index contributed by atoms with van der Waals surface area (Å²) in [5, 5.41) is 0. The lowest BCUT2D eigenvalue weighted by Crippen LogP contribution is -2.02. The first-order chi connectivity index (χ1) is 7.77. The van der Waals surface area contributed by atoms with E-state index in [1.54, 1.807) is 31.2 Å². The number of hydrogen-bond donors (Lipinski definition) is 0. The van der Waals surface area contributed by atoms with Gasteiger partial charge in [-0.25, -0.2) is 9.18 Å². The summed E-state index contributed by atoms with van der Waals surface area (Å²) in [6.07, 6.45) is 1.14. The van der Waals surface area contributed by atoms with Gasteiger partial charge in [0.1, 0.15) is 5.76 Å². The summed E-state index contributed by atoms with van der Waals surface area (Å²) >= 11 is 0. The second-order valence-corrected chi connectivity index (χ2v) is 2.88. The van der Waals surface area contributed by atoms with E-state index in [9.17, 15) is 9.18 Å². The largest absolute Gasteiger partial charge is 0.463 e. The molecule has 0 unspecified atom stereocenters. The fourth-order valence-corrected chi connectivity index (χ4v) is 1.16. The van der Waals surface area contributed by atoms with Gasteiger partial charge in [-0.2, -0.15) is 0 Å². The zero-order valence-corrected chi connectivity index (χ0v) is 8.98. The first-order valence-electron chi connectivity index (χ1n) is 4.90. The monoisotopic (exact) mass is 224 g/mol. The van der Waals surface area contributed by atoms with Crippen molar-refractivity contribution in [2.24, 2.45) is 0 Å². The van der Waals surface area contributed by atoms with Crippen molar-refractivity contribution in [3.8, 4) is 0 Å². The van der Waals surface area contributed by atoms with E-state index in [4.69, 9.17) is 9.47 Å². The number of benzene rings is 1. The Bertz CT molecular complexity index is 360. The molecule has 0 aliphatic heterocycles. The highest BCUT2D eigenvalue weighted by molar-refractivity contribution is 5.89. The van der Waals surface area contributed by atoms with Gasteiger partial charge in [0.15, 0.2) is 0 Å². The van der Waals surface area contributed by atoms with Crippen LogP contribution in [0, 0.1) is 0 Å². The summed E-state index contributed by atoms with van der Waals surface area (Å²) < 4.78 is 21.6. The predicted octanol–water partition coefficient (Wildman–Crippen LogP) is 2.53. The molecular weight excluding hydrogens is 211 g/mol. The molecule has 0 bridgehead atoms. The van der Waals surface area contributed by atoms with Gasteiger partial charge >= 0.3 is 5.97 Å². The molecule has 0 fully saturated rings. The summed E-state index contributed by atoms with van der Waals surface area (Å²) in [6, 6.07) is 8.81. The summed E-state index contributed by atoms with van der Waals surface area (Å²) in [7, 11) is 0. The van der Waals surface area contributed by atoms with E-state index in [-0.39, 0.29) is 12.4 Å². The molecule has 1 aromatic carbocycles. The third-order valence-electron chi connectivity index (χ3n) is 1.80. The van der Waals surface area contributed by atoms with Crippen LogP contribution in [-0.2, 0) is 14.3 Å². The topological polar surface area (TPSA) is 35.5 Å². The highest BCUT2D eigenvalue weighted by Crippen LogP contribution is 2.15. The first-order valence-corrected chi connectivity index (χ1v) is 4.90. The maximum atomic E-state index is 12.1. The van der Waals surface area contributed by atoms with Crippen LogP contribution in [-0.4, -0.2) is 19.4 Å². The van der Waals surface area contributed by atoms with E-state index >= 15 is 0 Å². The number of carbonyl (C=O) groups excluding carboxylic acids is 1. The summed E-state index contributed by atoms with van der Waals surface area (Å²) in [5.41, 5.74) is 0.633. The van der Waals surface area contributed by atoms with E-state index in [2.05, 4.69) is 0 Å². The van der Waals surface area contributed by atoms with Gasteiger partial charge in [0.25, 0.3) is 0 Å². The normalized spacial score (nSPS) is 11.0. The number of ether oxygens (including phenoxy) is 2. The molecule has 0 spiro atoms. The Labute approximate surface area is 93.5 Å². The maximum Gasteiger partial charge on any atom is 0.334 e. The second kappa shape index (κ2) is 6.61. The van der Waals surface area contributed by atoms with Gasteiger partial charge in [0.05, 0.1) is 12.7 Å². The Balaban J connectivity index is 2.86. The first kappa shape index (κ1) is 12.2. The van der Waals surface area contributed by atoms with Gasteiger partial charge in [0, 0.05) is 5.56 Å². The lowest BCUT2D eigenvalue weighted by Gasteiger charge is -2.06. The van der Waals surface area contributed by atoms with Gasteiger partial charge in [0.2, 0.25) is 6.86 Å². The van der Waals surface area contributed by atoms with Gasteiger partial charge in [-0.05, 0) is 6.92 Å². The van der Waals surface area contributed by atoms with Crippen LogP contribution >= 0.6 is 0 Å². The molecular formula is C12H13FO3. The van der Waals surface area contributed by atoms with E-state index in [1.807, 2.05) is 6.07 Å². The average Bonchev–Trinajstić information content (AvgIpc) is 2.30. The minimum Gasteiger partial charge on any atom is -0.463 e. The molecule has 0 aromatic heterocycles. The van der Waals surface area contributed by atoms with Crippen molar-refractivity contribution < 1.29 is 18.7 Å². The SMILES string of the molecule is CCOC(=O)/C=C(\OCF)c1ccccc1. The van der Waals surface area contributed by atoms with Gasteiger partial charge < -0.3 is 9.47 Å². The van der Waals surface area contributed by atoms with Crippen molar-refractivity contribution in [3.05, 3.63) is 42.0 Å². The quantitative estimate of drug-likeness (QED) is 0.438. The Hall–Kier alpha value is -1.84. The number of alkyl halides is 1. The molecule has 0 radical (unpaired) electrons. The summed E-state index contributed by atoms with van der Waals surface area (Å²) in [4.78, 5) is 11.2. The highest BCUT2D eigenvalue weighted by Gasteiger charge is 2.06. The van der Waals surface area contributed by atoms with Crippen molar-refractivity contribution in [3.63, 3.8) is 0 Å². The molecule has 1 rings (SSSR count). The van der Waals surface area contributed by atoms with Gasteiger partial charge in [-0.1, -0.05) is 30.3 Å². The number of rotatable bonds is 5. The molecule has 0 aliphatic rings. The second-order valence-electron chi connectivity index (χ2n) is 2.88. The van der Waals surface area contributed by atoms with Crippen molar-refractivity contribution in [2.45, 2.75) is 6.92 Å². The molecule has 4 heteroatoms. The molecule has 1 aromatic rings. The van der Waals surface area contributed by atoms with E-state index in [0.29, 0.717) is 5.56 Å². The zero-order chi connectivity index (χ0) is 11.8. The number of halogens is 1. The maximum absolute atomic E-state index is 12.1. The number of carbonyl (C=O) groups is 1. The minimum atomic E-state index is -0.986. The molecule has 0 heterocycles. The van der Waals surface area contributed by atoms with Crippen LogP contribution < -0.4 is 0 Å². The average molecular weight is 224 g/mol. The molecule has 0 saturated heterocycles. The third kappa shape index (κ3) is 3.73. The molecule has 0 amide bonds. The molecule has 86 valence electrons. The van der Waals surface area contributed by atoms with Crippen molar-refractivity contribution in [1.29, 1.82) is 0 Å². The molecule has 16 heavy (non-hydrogen) atoms. The molecule has 0 aliphatic carbocycles. The summed E-state index contributed by atoms with van der Waals surface area (Å²) in [6.45, 7) is 0.983. The van der Waals surface area contributed by atoms with Crippen LogP contribution in [0.3, 0.4) is 0 Å². The molecule has 0 saturated carbocycles. The van der Waals surface area contributed by atoms with Gasteiger partial charge in [-0.3, -0.25) is 0 Å². The minimum absolute atomic E-state index is 0.168. The Morgan fingerprint density at radius 3 is 2.56 bits per heavy atom. The standard InChI is InChI=1S/C12H13FO3/c1-2-15-12(14)8-11(16-9-13)10-6-4-3-5-7-10/h3-8H,2,9H2,1H3/b11-8-. The van der Waals surface area contributed by atoms with Crippen LogP contribution in [0.1, 0.15) is 12.5 Å². The predicted molar refractivity (Wildman–Crippen MR) is 58.1 cm³/mol. The summed E-state index contributed by atoms with van der Waals surface area (Å²) in [5.74, 6) is -0.378. The van der Waals surface area contributed by atoms with Crippen LogP contribution in [0.5, 0.6) is 0 Å². The van der Waals surface area contributed by atoms with Crippen LogP contribution in [0.2, 0.25) is 0 Å². The highest BCUT2D eigenvalue weighted by atomic mass is 19.1. The number of esters is 1. The van der Waals surface area contributed by atoms with E-state index in [0.717, 1.165) is 6.08 Å². The zero-order valence-electron chi connectivity index (χ0n) is 8.98. The van der Waals surface area contributed by atoms with Crippen molar-refractivity contribution >= 4 is 11.7 Å². The Morgan fingerprint density at radius 2 is 2.00 bits per heavy atom. The smallest absolute Gasteiger partial charge is 0.334 e. The molecule has 3 nitrogen and oxygen atoms in total. The van der Waals surface area contributed by atoms with Crippen LogP contribution in [0.4, 0.5) is 4.39 Å². The van der Waals surface area contributed by atoms with E-state index < -0.39 is 12.8 Å². The Morgan fingerprint density at radius 1 is 1.31 bits per heavy atom. The Kier molecular flexibility index (Phi) is 5.05. The van der Waals surface area contributed by atoms with Crippen molar-refractivity contribution in [1.82, 2.24) is 0 Å². The van der Waals surface area contributed by atoms with Crippen molar-refractivity contribution in [2.75, 3.05) is 13.5 Å². The number of hydrogen-bond acceptors (Lipinski definition) is 3. The lowest BCUT2D eigenvalue weighted by molar-refractivity contribution is -0.137. The molecule has 0 atom stereocenters.